The zero-order valence-electron chi connectivity index (χ0n) is 9.38. The van der Waals surface area contributed by atoms with Crippen molar-refractivity contribution in [1.82, 2.24) is 14.8 Å². The van der Waals surface area contributed by atoms with Gasteiger partial charge in [-0.25, -0.2) is 14.1 Å². The van der Waals surface area contributed by atoms with Gasteiger partial charge < -0.3 is 4.74 Å². The Hall–Kier alpha value is -1.75. The zero-order chi connectivity index (χ0) is 11.9. The lowest BCUT2D eigenvalue weighted by Crippen LogP contribution is -2.20. The minimum Gasteiger partial charge on any atom is -0.359 e. The summed E-state index contributed by atoms with van der Waals surface area (Å²) in [6.45, 7) is 2.60. The van der Waals surface area contributed by atoms with Gasteiger partial charge in [0.15, 0.2) is 0 Å². The average molecular weight is 233 g/mol. The van der Waals surface area contributed by atoms with E-state index in [1.165, 1.54) is 18.5 Å². The van der Waals surface area contributed by atoms with E-state index in [2.05, 4.69) is 10.1 Å². The predicted octanol–water partition coefficient (Wildman–Crippen LogP) is 1.73. The van der Waals surface area contributed by atoms with Gasteiger partial charge in [0.1, 0.15) is 24.1 Å². The van der Waals surface area contributed by atoms with Crippen molar-refractivity contribution in [2.75, 3.05) is 0 Å². The van der Waals surface area contributed by atoms with E-state index in [0.29, 0.717) is 6.54 Å². The molecule has 1 aliphatic heterocycles. The molecular formula is C12H12FN3O. The first kappa shape index (κ1) is 10.4. The van der Waals surface area contributed by atoms with E-state index in [1.807, 2.05) is 6.92 Å². The normalized spacial score (nSPS) is 27.1. The summed E-state index contributed by atoms with van der Waals surface area (Å²) in [4.78, 5) is 3.90. The van der Waals surface area contributed by atoms with Crippen LogP contribution in [0.15, 0.2) is 36.9 Å². The Labute approximate surface area is 98.0 Å². The first-order chi connectivity index (χ1) is 8.21. The highest BCUT2D eigenvalue weighted by atomic mass is 19.1. The number of benzene rings is 1. The topological polar surface area (TPSA) is 43.2 Å². The molecule has 3 rings (SSSR count). The molecule has 88 valence electrons. The Morgan fingerprint density at radius 2 is 2.12 bits per heavy atom. The van der Waals surface area contributed by atoms with Crippen LogP contribution in [0, 0.1) is 5.82 Å². The van der Waals surface area contributed by atoms with E-state index >= 15 is 0 Å². The van der Waals surface area contributed by atoms with Crippen molar-refractivity contribution in [1.29, 1.82) is 0 Å². The van der Waals surface area contributed by atoms with E-state index in [1.54, 1.807) is 23.1 Å². The highest BCUT2D eigenvalue weighted by Crippen LogP contribution is 2.47. The minimum absolute atomic E-state index is 0.108. The van der Waals surface area contributed by atoms with E-state index in [9.17, 15) is 4.39 Å². The second-order valence-electron chi connectivity index (χ2n) is 4.25. The molecule has 17 heavy (non-hydrogen) atoms. The third-order valence-electron chi connectivity index (χ3n) is 3.18. The lowest BCUT2D eigenvalue weighted by atomic mass is 9.96. The molecule has 0 spiro atoms. The molecule has 1 saturated heterocycles. The highest BCUT2D eigenvalue weighted by Gasteiger charge is 2.55. The fourth-order valence-corrected chi connectivity index (χ4v) is 2.13. The Morgan fingerprint density at radius 1 is 1.41 bits per heavy atom. The van der Waals surface area contributed by atoms with Gasteiger partial charge in [-0.3, -0.25) is 0 Å². The molecule has 0 bridgehead atoms. The van der Waals surface area contributed by atoms with Crippen LogP contribution in [0.2, 0.25) is 0 Å². The standard InChI is InChI=1S/C12H12FN3O/c1-9-12(17-9,6-16-8-14-7-15-16)10-2-4-11(13)5-3-10/h2-5,7-9H,6H2,1H3/t9-,12-/m0/s1. The van der Waals surface area contributed by atoms with Gasteiger partial charge >= 0.3 is 0 Å². The molecule has 0 saturated carbocycles. The molecule has 1 fully saturated rings. The van der Waals surface area contributed by atoms with Crippen molar-refractivity contribution in [3.8, 4) is 0 Å². The van der Waals surface area contributed by atoms with E-state index in [-0.39, 0.29) is 17.5 Å². The number of ether oxygens (including phenoxy) is 1. The van der Waals surface area contributed by atoms with Gasteiger partial charge in [0, 0.05) is 0 Å². The fourth-order valence-electron chi connectivity index (χ4n) is 2.13. The first-order valence-electron chi connectivity index (χ1n) is 5.47. The van der Waals surface area contributed by atoms with Crippen LogP contribution in [0.3, 0.4) is 0 Å². The molecule has 2 atom stereocenters. The number of hydrogen-bond acceptors (Lipinski definition) is 3. The van der Waals surface area contributed by atoms with Crippen LogP contribution in [0.25, 0.3) is 0 Å². The lowest BCUT2D eigenvalue weighted by molar-refractivity contribution is 0.263. The van der Waals surface area contributed by atoms with Crippen LogP contribution >= 0.6 is 0 Å². The van der Waals surface area contributed by atoms with Crippen LogP contribution in [0.5, 0.6) is 0 Å². The molecule has 0 amide bonds. The summed E-state index contributed by atoms with van der Waals surface area (Å²) in [7, 11) is 0. The minimum atomic E-state index is -0.387. The Bertz CT molecular complexity index is 511. The predicted molar refractivity (Wildman–Crippen MR) is 58.6 cm³/mol. The number of halogens is 1. The molecule has 0 N–H and O–H groups in total. The first-order valence-corrected chi connectivity index (χ1v) is 5.47. The van der Waals surface area contributed by atoms with Crippen molar-refractivity contribution in [3.05, 3.63) is 48.3 Å². The maximum atomic E-state index is 12.9. The van der Waals surface area contributed by atoms with Gasteiger partial charge in [0.25, 0.3) is 0 Å². The van der Waals surface area contributed by atoms with Gasteiger partial charge in [-0.2, -0.15) is 5.10 Å². The molecule has 1 aromatic heterocycles. The summed E-state index contributed by atoms with van der Waals surface area (Å²) in [6, 6.07) is 6.42. The third kappa shape index (κ3) is 1.72. The second kappa shape index (κ2) is 3.63. The number of rotatable bonds is 3. The highest BCUT2D eigenvalue weighted by molar-refractivity contribution is 5.29. The van der Waals surface area contributed by atoms with Crippen LogP contribution < -0.4 is 0 Å². The summed E-state index contributed by atoms with van der Waals surface area (Å²) >= 11 is 0. The summed E-state index contributed by atoms with van der Waals surface area (Å²) in [5, 5.41) is 4.07. The van der Waals surface area contributed by atoms with Crippen molar-refractivity contribution < 1.29 is 9.13 Å². The van der Waals surface area contributed by atoms with E-state index < -0.39 is 0 Å². The smallest absolute Gasteiger partial charge is 0.139 e. The number of nitrogens with zero attached hydrogens (tertiary/aromatic N) is 3. The molecule has 0 aliphatic carbocycles. The molecule has 0 unspecified atom stereocenters. The van der Waals surface area contributed by atoms with Crippen molar-refractivity contribution >= 4 is 0 Å². The third-order valence-corrected chi connectivity index (χ3v) is 3.18. The van der Waals surface area contributed by atoms with Gasteiger partial charge in [-0.1, -0.05) is 12.1 Å². The van der Waals surface area contributed by atoms with Crippen LogP contribution in [-0.2, 0) is 16.9 Å². The van der Waals surface area contributed by atoms with Gasteiger partial charge in [0.2, 0.25) is 0 Å². The number of epoxide rings is 1. The van der Waals surface area contributed by atoms with E-state index in [4.69, 9.17) is 4.74 Å². The Balaban J connectivity index is 1.90. The quantitative estimate of drug-likeness (QED) is 0.758. The monoisotopic (exact) mass is 233 g/mol. The molecule has 2 aromatic rings. The summed E-state index contributed by atoms with van der Waals surface area (Å²) < 4.78 is 20.3. The summed E-state index contributed by atoms with van der Waals surface area (Å²) in [5.74, 6) is -0.238. The fraction of sp³-hybridized carbons (Fsp3) is 0.333. The van der Waals surface area contributed by atoms with Crippen LogP contribution in [0.1, 0.15) is 12.5 Å². The lowest BCUT2D eigenvalue weighted by Gasteiger charge is -2.12. The number of aromatic nitrogens is 3. The SMILES string of the molecule is C[C@@H]1O[C@]1(Cn1cncn1)c1ccc(F)cc1. The molecule has 1 aliphatic rings. The largest absolute Gasteiger partial charge is 0.359 e. The van der Waals surface area contributed by atoms with Gasteiger partial charge in [-0.05, 0) is 24.6 Å². The second-order valence-corrected chi connectivity index (χ2v) is 4.25. The molecule has 0 radical (unpaired) electrons. The van der Waals surface area contributed by atoms with Crippen molar-refractivity contribution in [2.45, 2.75) is 25.2 Å². The molecule has 5 heteroatoms. The Morgan fingerprint density at radius 3 is 2.65 bits per heavy atom. The van der Waals surface area contributed by atoms with Crippen molar-refractivity contribution in [3.63, 3.8) is 0 Å². The van der Waals surface area contributed by atoms with Crippen molar-refractivity contribution in [2.24, 2.45) is 0 Å². The number of hydrogen-bond donors (Lipinski definition) is 0. The maximum absolute atomic E-state index is 12.9. The summed E-state index contributed by atoms with van der Waals surface area (Å²) in [5.41, 5.74) is 0.586. The molecular weight excluding hydrogens is 221 g/mol. The Kier molecular flexibility index (Phi) is 2.22. The zero-order valence-corrected chi connectivity index (χ0v) is 9.38. The molecule has 1 aromatic carbocycles. The maximum Gasteiger partial charge on any atom is 0.139 e. The van der Waals surface area contributed by atoms with Crippen LogP contribution in [-0.4, -0.2) is 20.9 Å². The van der Waals surface area contributed by atoms with E-state index in [0.717, 1.165) is 5.56 Å². The van der Waals surface area contributed by atoms with Gasteiger partial charge in [0.05, 0.1) is 12.6 Å². The summed E-state index contributed by atoms with van der Waals surface area (Å²) in [6.07, 6.45) is 3.25. The van der Waals surface area contributed by atoms with Crippen LogP contribution in [0.4, 0.5) is 4.39 Å². The average Bonchev–Trinajstić information content (AvgIpc) is 2.76. The molecule has 2 heterocycles. The molecule has 4 nitrogen and oxygen atoms in total. The van der Waals surface area contributed by atoms with Gasteiger partial charge in [-0.15, -0.1) is 0 Å².